The minimum absolute atomic E-state index is 0.108. The molecule has 0 aliphatic heterocycles. The number of carbonyl (C=O) groups excluding carboxylic acids is 3. The van der Waals surface area contributed by atoms with Crippen LogP contribution in [0.1, 0.15) is 46.1 Å². The van der Waals surface area contributed by atoms with Gasteiger partial charge in [0.25, 0.3) is 0 Å². The topological polar surface area (TPSA) is 113 Å². The van der Waals surface area contributed by atoms with Gasteiger partial charge in [-0.25, -0.2) is 0 Å². The Morgan fingerprint density at radius 1 is 0.967 bits per heavy atom. The van der Waals surface area contributed by atoms with E-state index in [9.17, 15) is 14.4 Å². The lowest BCUT2D eigenvalue weighted by atomic mass is 10.0. The van der Waals surface area contributed by atoms with Gasteiger partial charge in [-0.05, 0) is 44.0 Å². The summed E-state index contributed by atoms with van der Waals surface area (Å²) in [4.78, 5) is 36.4. The van der Waals surface area contributed by atoms with Crippen LogP contribution in [0.3, 0.4) is 0 Å². The summed E-state index contributed by atoms with van der Waals surface area (Å²) in [6, 6.07) is 12.6. The summed E-state index contributed by atoms with van der Waals surface area (Å²) in [5, 5.41) is 10.6. The molecule has 3 amide bonds. The molecule has 0 fully saturated rings. The molecule has 0 saturated heterocycles. The van der Waals surface area contributed by atoms with Crippen molar-refractivity contribution in [2.24, 2.45) is 5.73 Å². The fourth-order valence-electron chi connectivity index (χ4n) is 3.15. The fourth-order valence-corrected chi connectivity index (χ4v) is 3.15. The van der Waals surface area contributed by atoms with Crippen molar-refractivity contribution in [3.05, 3.63) is 48.0 Å². The predicted octanol–water partition coefficient (Wildman–Crippen LogP) is 1.98. The predicted molar refractivity (Wildman–Crippen MR) is 119 cm³/mol. The summed E-state index contributed by atoms with van der Waals surface area (Å²) in [5.74, 6) is -0.908. The molecule has 30 heavy (non-hydrogen) atoms. The van der Waals surface area contributed by atoms with Crippen molar-refractivity contribution in [3.63, 3.8) is 0 Å². The van der Waals surface area contributed by atoms with Crippen molar-refractivity contribution < 1.29 is 14.4 Å². The van der Waals surface area contributed by atoms with E-state index < -0.39 is 18.0 Å². The van der Waals surface area contributed by atoms with E-state index in [0.717, 1.165) is 16.3 Å². The van der Waals surface area contributed by atoms with Crippen LogP contribution in [0.4, 0.5) is 0 Å². The fraction of sp³-hybridized carbons (Fsp3) is 0.435. The van der Waals surface area contributed by atoms with E-state index in [1.807, 2.05) is 63.2 Å². The Balaban J connectivity index is 1.79. The number of hydrogen-bond donors (Lipinski definition) is 4. The maximum atomic E-state index is 12.3. The molecule has 0 aliphatic carbocycles. The maximum absolute atomic E-state index is 12.3. The van der Waals surface area contributed by atoms with Crippen molar-refractivity contribution in [2.75, 3.05) is 0 Å². The Bertz CT molecular complexity index is 899. The smallest absolute Gasteiger partial charge is 0.237 e. The second-order valence-electron chi connectivity index (χ2n) is 8.64. The van der Waals surface area contributed by atoms with Crippen LogP contribution >= 0.6 is 0 Å². The first-order valence-electron chi connectivity index (χ1n) is 10.2. The zero-order chi connectivity index (χ0) is 22.3. The first-order chi connectivity index (χ1) is 14.0. The zero-order valence-corrected chi connectivity index (χ0v) is 18.1. The molecule has 2 atom stereocenters. The van der Waals surface area contributed by atoms with E-state index in [-0.39, 0.29) is 30.2 Å². The molecule has 2 aromatic rings. The molecule has 0 saturated carbocycles. The second kappa shape index (κ2) is 10.2. The highest BCUT2D eigenvalue weighted by atomic mass is 16.2. The molecule has 0 radical (unpaired) electrons. The molecule has 2 aromatic carbocycles. The summed E-state index contributed by atoms with van der Waals surface area (Å²) in [7, 11) is 0. The van der Waals surface area contributed by atoms with E-state index >= 15 is 0 Å². The molecular weight excluding hydrogens is 380 g/mol. The van der Waals surface area contributed by atoms with Gasteiger partial charge >= 0.3 is 0 Å². The lowest BCUT2D eigenvalue weighted by Crippen LogP contribution is -2.49. The monoisotopic (exact) mass is 412 g/mol. The van der Waals surface area contributed by atoms with E-state index in [0.29, 0.717) is 6.54 Å². The minimum atomic E-state index is -0.964. The molecule has 0 unspecified atom stereocenters. The largest absolute Gasteiger partial charge is 0.352 e. The van der Waals surface area contributed by atoms with Gasteiger partial charge in [0, 0.05) is 24.5 Å². The highest BCUT2D eigenvalue weighted by molar-refractivity contribution is 5.89. The van der Waals surface area contributed by atoms with E-state index in [1.165, 1.54) is 0 Å². The third-order valence-corrected chi connectivity index (χ3v) is 4.49. The Morgan fingerprint density at radius 3 is 2.33 bits per heavy atom. The van der Waals surface area contributed by atoms with Gasteiger partial charge in [0.05, 0.1) is 12.5 Å². The summed E-state index contributed by atoms with van der Waals surface area (Å²) in [5.41, 5.74) is 6.48. The standard InChI is InChI=1S/C23H32N4O3/c1-15(26-22(30)19(24)13-21(29)27-23(2,3)4)12-20(28)25-14-17-10-7-9-16-8-5-6-11-18(16)17/h5-11,15,19H,12-14,24H2,1-4H3,(H,25,28)(H,26,30)(H,27,29)/t15-,19-/m0/s1. The van der Waals surface area contributed by atoms with E-state index in [1.54, 1.807) is 6.92 Å². The first kappa shape index (κ1) is 23.3. The molecule has 162 valence electrons. The third kappa shape index (κ3) is 7.48. The van der Waals surface area contributed by atoms with Crippen LogP contribution in [0.5, 0.6) is 0 Å². The third-order valence-electron chi connectivity index (χ3n) is 4.49. The summed E-state index contributed by atoms with van der Waals surface area (Å²) < 4.78 is 0. The Labute approximate surface area is 177 Å². The molecule has 0 heterocycles. The Hall–Kier alpha value is -2.93. The quantitative estimate of drug-likeness (QED) is 0.531. The van der Waals surface area contributed by atoms with Gasteiger partial charge in [-0.15, -0.1) is 0 Å². The Kier molecular flexibility index (Phi) is 7.94. The van der Waals surface area contributed by atoms with E-state index in [4.69, 9.17) is 5.73 Å². The first-order valence-corrected chi connectivity index (χ1v) is 10.2. The number of benzene rings is 2. The molecule has 0 aromatic heterocycles. The van der Waals surface area contributed by atoms with Gasteiger partial charge in [-0.2, -0.15) is 0 Å². The van der Waals surface area contributed by atoms with Gasteiger partial charge in [-0.3, -0.25) is 14.4 Å². The SMILES string of the molecule is C[C@@H](CC(=O)NCc1cccc2ccccc12)NC(=O)[C@@H](N)CC(=O)NC(C)(C)C. The highest BCUT2D eigenvalue weighted by Crippen LogP contribution is 2.18. The van der Waals surface area contributed by atoms with Crippen molar-refractivity contribution in [1.82, 2.24) is 16.0 Å². The molecule has 7 nitrogen and oxygen atoms in total. The average molecular weight is 413 g/mol. The number of hydrogen-bond acceptors (Lipinski definition) is 4. The van der Waals surface area contributed by atoms with Crippen LogP contribution in [-0.4, -0.2) is 35.3 Å². The Morgan fingerprint density at radius 2 is 1.63 bits per heavy atom. The van der Waals surface area contributed by atoms with Gasteiger partial charge in [-0.1, -0.05) is 42.5 Å². The number of carbonyl (C=O) groups is 3. The normalized spacial score (nSPS) is 13.4. The number of nitrogens with two attached hydrogens (primary N) is 1. The van der Waals surface area contributed by atoms with Crippen molar-refractivity contribution >= 4 is 28.5 Å². The summed E-state index contributed by atoms with van der Waals surface area (Å²) in [6.07, 6.45) is 0.0144. The van der Waals surface area contributed by atoms with Gasteiger partial charge < -0.3 is 21.7 Å². The number of nitrogens with one attached hydrogen (secondary N) is 3. The van der Waals surface area contributed by atoms with Crippen LogP contribution < -0.4 is 21.7 Å². The van der Waals surface area contributed by atoms with Crippen LogP contribution in [0.15, 0.2) is 42.5 Å². The maximum Gasteiger partial charge on any atom is 0.237 e. The van der Waals surface area contributed by atoms with Crippen molar-refractivity contribution in [2.45, 2.75) is 64.7 Å². The molecular formula is C23H32N4O3. The van der Waals surface area contributed by atoms with Crippen LogP contribution in [0.2, 0.25) is 0 Å². The highest BCUT2D eigenvalue weighted by Gasteiger charge is 2.22. The van der Waals surface area contributed by atoms with Crippen LogP contribution in [0, 0.1) is 0 Å². The van der Waals surface area contributed by atoms with Gasteiger partial charge in [0.15, 0.2) is 0 Å². The van der Waals surface area contributed by atoms with Gasteiger partial charge in [0.1, 0.15) is 0 Å². The number of amides is 3. The van der Waals surface area contributed by atoms with Gasteiger partial charge in [0.2, 0.25) is 17.7 Å². The van der Waals surface area contributed by atoms with Crippen LogP contribution in [0.25, 0.3) is 10.8 Å². The molecule has 0 bridgehead atoms. The molecule has 7 heteroatoms. The number of fused-ring (bicyclic) bond motifs is 1. The lowest BCUT2D eigenvalue weighted by Gasteiger charge is -2.22. The minimum Gasteiger partial charge on any atom is -0.352 e. The summed E-state index contributed by atoms with van der Waals surface area (Å²) >= 11 is 0. The van der Waals surface area contributed by atoms with Crippen LogP contribution in [-0.2, 0) is 20.9 Å². The summed E-state index contributed by atoms with van der Waals surface area (Å²) in [6.45, 7) is 7.71. The molecule has 0 spiro atoms. The molecule has 2 rings (SSSR count). The van der Waals surface area contributed by atoms with E-state index in [2.05, 4.69) is 16.0 Å². The van der Waals surface area contributed by atoms with Crippen molar-refractivity contribution in [1.29, 1.82) is 0 Å². The molecule has 0 aliphatic rings. The second-order valence-corrected chi connectivity index (χ2v) is 8.64. The zero-order valence-electron chi connectivity index (χ0n) is 18.1. The molecule has 5 N–H and O–H groups in total. The lowest BCUT2D eigenvalue weighted by molar-refractivity contribution is -0.129. The average Bonchev–Trinajstić information content (AvgIpc) is 2.64. The van der Waals surface area contributed by atoms with Crippen molar-refractivity contribution in [3.8, 4) is 0 Å². The number of rotatable bonds is 8.